The molecular weight excluding hydrogens is 406 g/mol. The molecule has 2 heterocycles. The van der Waals surface area contributed by atoms with Gasteiger partial charge in [0.15, 0.2) is 0 Å². The van der Waals surface area contributed by atoms with Crippen molar-refractivity contribution in [2.24, 2.45) is 0 Å². The summed E-state index contributed by atoms with van der Waals surface area (Å²) in [7, 11) is 1.67. The van der Waals surface area contributed by atoms with E-state index < -0.39 is 0 Å². The summed E-state index contributed by atoms with van der Waals surface area (Å²) in [5.74, 6) is 1.49. The van der Waals surface area contributed by atoms with Crippen LogP contribution in [0.5, 0.6) is 0 Å². The van der Waals surface area contributed by atoms with Crippen molar-refractivity contribution in [2.45, 2.75) is 51.3 Å². The molecule has 8 nitrogen and oxygen atoms in total. The van der Waals surface area contributed by atoms with E-state index in [4.69, 9.17) is 14.5 Å². The summed E-state index contributed by atoms with van der Waals surface area (Å²) in [6.45, 7) is 3.28. The van der Waals surface area contributed by atoms with Crippen LogP contribution in [0.1, 0.15) is 38.2 Å². The van der Waals surface area contributed by atoms with E-state index in [0.29, 0.717) is 31.8 Å². The van der Waals surface area contributed by atoms with Crippen LogP contribution in [0.2, 0.25) is 0 Å². The second-order valence-corrected chi connectivity index (χ2v) is 8.21. The van der Waals surface area contributed by atoms with Crippen molar-refractivity contribution in [1.29, 1.82) is 0 Å². The largest absolute Gasteiger partial charge is 0.382 e. The average molecular weight is 438 g/mol. The van der Waals surface area contributed by atoms with Crippen LogP contribution < -0.4 is 10.6 Å². The van der Waals surface area contributed by atoms with Crippen LogP contribution in [0.4, 0.5) is 5.95 Å². The second-order valence-electron chi connectivity index (χ2n) is 8.21. The van der Waals surface area contributed by atoms with Gasteiger partial charge in [-0.15, -0.1) is 0 Å². The number of anilines is 1. The average Bonchev–Trinajstić information content (AvgIpc) is 3.23. The molecular formula is C24H31N5O3. The highest BCUT2D eigenvalue weighted by Gasteiger charge is 2.22. The molecule has 3 aromatic rings. The van der Waals surface area contributed by atoms with Gasteiger partial charge in [-0.1, -0.05) is 12.1 Å². The third kappa shape index (κ3) is 5.44. The molecule has 0 aliphatic heterocycles. The van der Waals surface area contributed by atoms with Crippen molar-refractivity contribution in [2.75, 3.05) is 25.6 Å². The zero-order valence-corrected chi connectivity index (χ0v) is 18.7. The summed E-state index contributed by atoms with van der Waals surface area (Å²) >= 11 is 0. The summed E-state index contributed by atoms with van der Waals surface area (Å²) in [5.41, 5.74) is 2.22. The van der Waals surface area contributed by atoms with Crippen molar-refractivity contribution >= 4 is 22.8 Å². The molecule has 1 aromatic carbocycles. The minimum Gasteiger partial charge on any atom is -0.382 e. The molecule has 0 saturated heterocycles. The second kappa shape index (κ2) is 10.6. The van der Waals surface area contributed by atoms with Gasteiger partial charge >= 0.3 is 0 Å². The van der Waals surface area contributed by atoms with Crippen molar-refractivity contribution in [3.63, 3.8) is 0 Å². The lowest BCUT2D eigenvalue weighted by molar-refractivity contribution is -0.119. The molecule has 1 aliphatic rings. The van der Waals surface area contributed by atoms with Gasteiger partial charge in [-0.05, 0) is 49.4 Å². The van der Waals surface area contributed by atoms with Crippen LogP contribution in [0, 0.1) is 0 Å². The smallest absolute Gasteiger partial charge is 0.224 e. The van der Waals surface area contributed by atoms with Gasteiger partial charge in [0.2, 0.25) is 11.9 Å². The minimum absolute atomic E-state index is 0.0427. The summed E-state index contributed by atoms with van der Waals surface area (Å²) in [6.07, 6.45) is 7.73. The van der Waals surface area contributed by atoms with Gasteiger partial charge in [0.1, 0.15) is 5.82 Å². The number of ether oxygens (including phenoxy) is 2. The number of hydrogen-bond donors (Lipinski definition) is 2. The Morgan fingerprint density at radius 1 is 1.12 bits per heavy atom. The quantitative estimate of drug-likeness (QED) is 0.499. The summed E-state index contributed by atoms with van der Waals surface area (Å²) in [5, 5.41) is 7.64. The van der Waals surface area contributed by atoms with E-state index in [2.05, 4.69) is 38.4 Å². The molecule has 0 atom stereocenters. The van der Waals surface area contributed by atoms with Gasteiger partial charge in [-0.2, -0.15) is 4.98 Å². The molecule has 0 spiro atoms. The Morgan fingerprint density at radius 3 is 2.72 bits per heavy atom. The highest BCUT2D eigenvalue weighted by Crippen LogP contribution is 2.25. The van der Waals surface area contributed by atoms with E-state index in [1.165, 1.54) is 0 Å². The maximum Gasteiger partial charge on any atom is 0.224 e. The lowest BCUT2D eigenvalue weighted by atomic mass is 9.91. The van der Waals surface area contributed by atoms with Crippen LogP contribution in [-0.4, -0.2) is 52.8 Å². The van der Waals surface area contributed by atoms with Crippen molar-refractivity contribution in [3.8, 4) is 5.82 Å². The van der Waals surface area contributed by atoms with E-state index in [1.54, 1.807) is 20.2 Å². The zero-order chi connectivity index (χ0) is 22.3. The van der Waals surface area contributed by atoms with E-state index >= 15 is 0 Å². The molecule has 4 rings (SSSR count). The Balaban J connectivity index is 1.45. The Kier molecular flexibility index (Phi) is 7.34. The first-order valence-corrected chi connectivity index (χ1v) is 11.2. The number of carbonyl (C=O) groups excluding carboxylic acids is 1. The van der Waals surface area contributed by atoms with Crippen LogP contribution in [0.15, 0.2) is 42.7 Å². The number of nitrogens with zero attached hydrogens (tertiary/aromatic N) is 3. The molecule has 0 bridgehead atoms. The molecule has 1 aliphatic carbocycles. The van der Waals surface area contributed by atoms with E-state index in [-0.39, 0.29) is 11.9 Å². The number of carbonyl (C=O) groups is 1. The third-order valence-corrected chi connectivity index (χ3v) is 5.87. The molecule has 1 saturated carbocycles. The van der Waals surface area contributed by atoms with Crippen LogP contribution in [-0.2, 0) is 20.9 Å². The maximum absolute atomic E-state index is 11.3. The first-order chi connectivity index (χ1) is 15.6. The number of hydrogen-bond acceptors (Lipinski definition) is 6. The van der Waals surface area contributed by atoms with Gasteiger partial charge < -0.3 is 24.7 Å². The fourth-order valence-corrected chi connectivity index (χ4v) is 4.29. The summed E-state index contributed by atoms with van der Waals surface area (Å²) in [4.78, 5) is 20.5. The Bertz CT molecular complexity index is 1040. The molecule has 170 valence electrons. The molecule has 1 amide bonds. The Labute approximate surface area is 188 Å². The fraction of sp³-hybridized carbons (Fsp3) is 0.458. The number of amides is 1. The highest BCUT2D eigenvalue weighted by atomic mass is 16.5. The number of fused-ring (bicyclic) bond motifs is 1. The van der Waals surface area contributed by atoms with Crippen LogP contribution in [0.25, 0.3) is 16.7 Å². The van der Waals surface area contributed by atoms with Gasteiger partial charge in [-0.25, -0.2) is 4.98 Å². The number of methoxy groups -OCH3 is 1. The first kappa shape index (κ1) is 22.2. The molecule has 1 fully saturated rings. The Hall–Kier alpha value is -2.97. The third-order valence-electron chi connectivity index (χ3n) is 5.87. The first-order valence-electron chi connectivity index (χ1n) is 11.2. The van der Waals surface area contributed by atoms with E-state index in [9.17, 15) is 4.79 Å². The van der Waals surface area contributed by atoms with Crippen molar-refractivity contribution in [1.82, 2.24) is 19.9 Å². The van der Waals surface area contributed by atoms with Crippen LogP contribution in [0.3, 0.4) is 0 Å². The summed E-state index contributed by atoms with van der Waals surface area (Å²) in [6, 6.07) is 10.8. The molecule has 0 unspecified atom stereocenters. The zero-order valence-electron chi connectivity index (χ0n) is 18.7. The summed E-state index contributed by atoms with van der Waals surface area (Å²) < 4.78 is 12.8. The van der Waals surface area contributed by atoms with Gasteiger partial charge in [0.25, 0.3) is 0 Å². The van der Waals surface area contributed by atoms with E-state index in [1.807, 2.05) is 18.3 Å². The van der Waals surface area contributed by atoms with Gasteiger partial charge in [-0.3, -0.25) is 4.79 Å². The van der Waals surface area contributed by atoms with Gasteiger partial charge in [0, 0.05) is 43.9 Å². The monoisotopic (exact) mass is 437 g/mol. The van der Waals surface area contributed by atoms with Crippen LogP contribution >= 0.6 is 0 Å². The topological polar surface area (TPSA) is 90.3 Å². The highest BCUT2D eigenvalue weighted by molar-refractivity contribution is 5.85. The van der Waals surface area contributed by atoms with Crippen molar-refractivity contribution < 1.29 is 14.3 Å². The fourth-order valence-electron chi connectivity index (χ4n) is 4.29. The lowest BCUT2D eigenvalue weighted by Gasteiger charge is -2.29. The molecule has 2 N–H and O–H groups in total. The molecule has 2 aromatic heterocycles. The number of nitrogens with one attached hydrogen (secondary N) is 2. The van der Waals surface area contributed by atoms with Crippen molar-refractivity contribution in [3.05, 3.63) is 48.3 Å². The maximum atomic E-state index is 11.3. The lowest BCUT2D eigenvalue weighted by Crippen LogP contribution is -2.39. The predicted octanol–water partition coefficient (Wildman–Crippen LogP) is 3.44. The molecule has 0 radical (unpaired) electrons. The minimum atomic E-state index is 0.0427. The number of aromatic nitrogens is 3. The van der Waals surface area contributed by atoms with Gasteiger partial charge in [0.05, 0.1) is 25.3 Å². The normalized spacial score (nSPS) is 18.6. The number of rotatable bonds is 9. The standard InChI is InChI=1S/C24H31N5O3/c1-17(30)26-19-6-8-20(9-7-19)27-24-25-12-10-23(28-24)29-13-11-21-18(4-3-5-22(21)29)16-32-15-14-31-2/h3-5,10-13,19-20H,6-9,14-16H2,1-2H3,(H,26,30)(H,25,27,28)/t19-,20-. The molecule has 32 heavy (non-hydrogen) atoms. The van der Waals surface area contributed by atoms with E-state index in [0.717, 1.165) is 48.0 Å². The SMILES string of the molecule is COCCOCc1cccc2c1ccn2-c1ccnc(N[C@H]2CC[C@H](NC(C)=O)CC2)n1. The molecule has 8 heteroatoms. The predicted molar refractivity (Wildman–Crippen MR) is 124 cm³/mol. The Morgan fingerprint density at radius 2 is 1.94 bits per heavy atom. The number of benzene rings is 1.